The van der Waals surface area contributed by atoms with Crippen molar-refractivity contribution in [3.8, 4) is 0 Å². The van der Waals surface area contributed by atoms with Crippen molar-refractivity contribution < 1.29 is 30.3 Å². The predicted octanol–water partition coefficient (Wildman–Crippen LogP) is 2.74. The minimum absolute atomic E-state index is 0.00888. The predicted molar refractivity (Wildman–Crippen MR) is 125 cm³/mol. The number of rotatable bonds is 5. The Bertz CT molecular complexity index is 816. The lowest BCUT2D eigenvalue weighted by Gasteiger charge is -2.60. The average Bonchev–Trinajstić information content (AvgIpc) is 2.99. The van der Waals surface area contributed by atoms with Gasteiger partial charge >= 0.3 is 0 Å². The van der Waals surface area contributed by atoms with Gasteiger partial charge in [0.2, 0.25) is 0 Å². The maximum absolute atomic E-state index is 13.2. The van der Waals surface area contributed by atoms with Crippen molar-refractivity contribution in [1.29, 1.82) is 0 Å². The lowest BCUT2D eigenvalue weighted by Crippen LogP contribution is -2.61. The Hall–Kier alpha value is -0.790. The van der Waals surface area contributed by atoms with E-state index < -0.39 is 40.3 Å². The summed E-state index contributed by atoms with van der Waals surface area (Å²) in [6.45, 7) is 9.74. The Balaban J connectivity index is 1.62. The van der Waals surface area contributed by atoms with Gasteiger partial charge in [-0.1, -0.05) is 20.8 Å². The van der Waals surface area contributed by atoms with Gasteiger partial charge in [-0.3, -0.25) is 4.79 Å². The number of ketones is 1. The second-order valence-corrected chi connectivity index (χ2v) is 12.9. The molecule has 4 aliphatic carbocycles. The standard InChI is InChI=1S/C27H44O6/c1-15(20(28)8-9-24(2,3)32)16-7-11-27(33)18-12-21(29)19-13-22(30)23(31)14-25(19,4)17(18)6-10-26(16,27)5/h12,15-17,19-20,22-23,28,30-33H,6-11,13-14H2,1-5H3/t15-,16+,17+,19+,20+,22-,23+,25-,26-,27-/m1/s1. The maximum atomic E-state index is 13.2. The molecule has 0 aromatic heterocycles. The quantitative estimate of drug-likeness (QED) is 0.427. The lowest BCUT2D eigenvalue weighted by molar-refractivity contribution is -0.154. The van der Waals surface area contributed by atoms with E-state index in [1.807, 2.05) is 0 Å². The van der Waals surface area contributed by atoms with Crippen LogP contribution in [0.15, 0.2) is 11.6 Å². The molecule has 3 fully saturated rings. The number of aliphatic hydroxyl groups excluding tert-OH is 3. The smallest absolute Gasteiger partial charge is 0.159 e. The summed E-state index contributed by atoms with van der Waals surface area (Å²) in [7, 11) is 0. The summed E-state index contributed by atoms with van der Waals surface area (Å²) in [5, 5.41) is 53.9. The first-order valence-electron chi connectivity index (χ1n) is 12.9. The van der Waals surface area contributed by atoms with Crippen LogP contribution in [0.25, 0.3) is 0 Å². The van der Waals surface area contributed by atoms with Crippen LogP contribution in [0.5, 0.6) is 0 Å². The van der Waals surface area contributed by atoms with Crippen LogP contribution in [0.4, 0.5) is 0 Å². The summed E-state index contributed by atoms with van der Waals surface area (Å²) < 4.78 is 0. The van der Waals surface area contributed by atoms with Crippen LogP contribution in [0, 0.1) is 34.5 Å². The highest BCUT2D eigenvalue weighted by Gasteiger charge is 2.67. The zero-order valence-corrected chi connectivity index (χ0v) is 20.9. The third-order valence-electron chi connectivity index (χ3n) is 10.5. The van der Waals surface area contributed by atoms with E-state index in [4.69, 9.17) is 0 Å². The number of fused-ring (bicyclic) bond motifs is 5. The number of aliphatic hydroxyl groups is 5. The summed E-state index contributed by atoms with van der Waals surface area (Å²) in [5.41, 5.74) is -2.01. The van der Waals surface area contributed by atoms with Crippen LogP contribution >= 0.6 is 0 Å². The molecule has 0 bridgehead atoms. The number of allylic oxidation sites excluding steroid dienone is 1. The van der Waals surface area contributed by atoms with E-state index in [-0.39, 0.29) is 35.9 Å². The summed E-state index contributed by atoms with van der Waals surface area (Å²) in [6.07, 6.45) is 4.06. The van der Waals surface area contributed by atoms with E-state index in [0.717, 1.165) is 24.8 Å². The van der Waals surface area contributed by atoms with Crippen LogP contribution in [0.2, 0.25) is 0 Å². The first-order chi connectivity index (χ1) is 15.1. The molecule has 33 heavy (non-hydrogen) atoms. The van der Waals surface area contributed by atoms with Crippen molar-refractivity contribution in [3.05, 3.63) is 11.6 Å². The highest BCUT2D eigenvalue weighted by Crippen LogP contribution is 2.68. The summed E-state index contributed by atoms with van der Waals surface area (Å²) in [5.74, 6) is -0.264. The molecule has 4 rings (SSSR count). The van der Waals surface area contributed by atoms with Crippen LogP contribution < -0.4 is 0 Å². The van der Waals surface area contributed by atoms with Crippen molar-refractivity contribution in [1.82, 2.24) is 0 Å². The number of carbonyl (C=O) groups is 1. The minimum atomic E-state index is -1.10. The van der Waals surface area contributed by atoms with Crippen molar-refractivity contribution in [2.45, 2.75) is 115 Å². The van der Waals surface area contributed by atoms with E-state index >= 15 is 0 Å². The monoisotopic (exact) mass is 464 g/mol. The summed E-state index contributed by atoms with van der Waals surface area (Å²) in [4.78, 5) is 13.2. The minimum Gasteiger partial charge on any atom is -0.393 e. The van der Waals surface area contributed by atoms with Crippen molar-refractivity contribution in [2.24, 2.45) is 34.5 Å². The fraction of sp³-hybridized carbons (Fsp3) is 0.889. The molecule has 0 aliphatic heterocycles. The van der Waals surface area contributed by atoms with Gasteiger partial charge in [-0.15, -0.1) is 0 Å². The molecule has 5 N–H and O–H groups in total. The molecular formula is C27H44O6. The van der Waals surface area contributed by atoms with Crippen molar-refractivity contribution >= 4 is 5.78 Å². The van der Waals surface area contributed by atoms with Gasteiger partial charge in [0.25, 0.3) is 0 Å². The molecule has 4 aliphatic rings. The first kappa shape index (κ1) is 25.3. The molecule has 0 aromatic carbocycles. The van der Waals surface area contributed by atoms with Gasteiger partial charge in [-0.05, 0) is 100 Å². The second kappa shape index (κ2) is 8.12. The maximum Gasteiger partial charge on any atom is 0.159 e. The average molecular weight is 465 g/mol. The van der Waals surface area contributed by atoms with Gasteiger partial charge in [0, 0.05) is 11.3 Å². The Morgan fingerprint density at radius 3 is 2.42 bits per heavy atom. The third kappa shape index (κ3) is 3.85. The van der Waals surface area contributed by atoms with Gasteiger partial charge in [-0.25, -0.2) is 0 Å². The molecule has 10 atom stereocenters. The molecule has 188 valence electrons. The van der Waals surface area contributed by atoms with Gasteiger partial charge in [0.1, 0.15) is 0 Å². The van der Waals surface area contributed by atoms with Gasteiger partial charge in [-0.2, -0.15) is 0 Å². The molecule has 0 unspecified atom stereocenters. The second-order valence-electron chi connectivity index (χ2n) is 12.9. The van der Waals surface area contributed by atoms with Crippen LogP contribution in [0.1, 0.15) is 86.0 Å². The molecule has 0 aromatic rings. The summed E-state index contributed by atoms with van der Waals surface area (Å²) in [6, 6.07) is 0. The Labute approximate surface area is 198 Å². The van der Waals surface area contributed by atoms with Crippen LogP contribution in [-0.2, 0) is 4.79 Å². The lowest BCUT2D eigenvalue weighted by atomic mass is 9.46. The Kier molecular flexibility index (Phi) is 6.23. The van der Waals surface area contributed by atoms with Crippen LogP contribution in [0.3, 0.4) is 0 Å². The summed E-state index contributed by atoms with van der Waals surface area (Å²) >= 11 is 0. The van der Waals surface area contributed by atoms with Gasteiger partial charge in [0.05, 0.1) is 29.5 Å². The molecule has 0 heterocycles. The fourth-order valence-electron chi connectivity index (χ4n) is 8.29. The molecule has 3 saturated carbocycles. The van der Waals surface area contributed by atoms with E-state index in [2.05, 4.69) is 20.8 Å². The van der Waals surface area contributed by atoms with Crippen LogP contribution in [-0.4, -0.2) is 60.8 Å². The first-order valence-corrected chi connectivity index (χ1v) is 12.9. The highest BCUT2D eigenvalue weighted by atomic mass is 16.3. The van der Waals surface area contributed by atoms with Crippen molar-refractivity contribution in [3.63, 3.8) is 0 Å². The zero-order chi connectivity index (χ0) is 24.6. The molecule has 0 spiro atoms. The number of hydrogen-bond acceptors (Lipinski definition) is 6. The van der Waals surface area contributed by atoms with Gasteiger partial charge in [0.15, 0.2) is 5.78 Å². The largest absolute Gasteiger partial charge is 0.393 e. The highest BCUT2D eigenvalue weighted by molar-refractivity contribution is 5.95. The normalized spacial score (nSPS) is 47.3. The van der Waals surface area contributed by atoms with E-state index in [1.165, 1.54) is 0 Å². The SMILES string of the molecule is C[C@@H]([C@@H](O)CCC(C)(C)O)[C@@H]1CC[C@@]2(O)C3=CC(=O)[C@@H]4C[C@@H](O)[C@@H](O)C[C@]4(C)[C@H]3CC[C@]12C. The number of carbonyl (C=O) groups excluding carboxylic acids is 1. The van der Waals surface area contributed by atoms with Gasteiger partial charge < -0.3 is 25.5 Å². The third-order valence-corrected chi connectivity index (χ3v) is 10.5. The molecule has 0 amide bonds. The van der Waals surface area contributed by atoms with Crippen molar-refractivity contribution in [2.75, 3.05) is 0 Å². The molecular weight excluding hydrogens is 420 g/mol. The number of hydrogen-bond donors (Lipinski definition) is 5. The Morgan fingerprint density at radius 1 is 1.12 bits per heavy atom. The zero-order valence-electron chi connectivity index (χ0n) is 20.9. The molecule has 0 saturated heterocycles. The van der Waals surface area contributed by atoms with E-state index in [1.54, 1.807) is 19.9 Å². The topological polar surface area (TPSA) is 118 Å². The molecule has 6 nitrogen and oxygen atoms in total. The molecule has 6 heteroatoms. The van der Waals surface area contributed by atoms with E-state index in [0.29, 0.717) is 25.7 Å². The molecule has 0 radical (unpaired) electrons. The fourth-order valence-corrected chi connectivity index (χ4v) is 8.29. The van der Waals surface area contributed by atoms with E-state index in [9.17, 15) is 30.3 Å². The Morgan fingerprint density at radius 2 is 1.79 bits per heavy atom.